The standard InChI is InChI=1S/C23H20N2O2S4/c1-12-13(2)29-22(24-12)27-11-18(26)25-17-10-15-8-6-5-7-14(15)9-16(17)19-20(23(25,3)4)30-31-21(19)28/h5-10H,11H2,1-4H3. The quantitative estimate of drug-likeness (QED) is 0.230. The molecule has 0 spiro atoms. The average Bonchev–Trinajstić information content (AvgIpc) is 3.28. The molecule has 0 aliphatic carbocycles. The van der Waals surface area contributed by atoms with Crippen molar-refractivity contribution in [3.8, 4) is 16.3 Å². The van der Waals surface area contributed by atoms with Crippen molar-refractivity contribution in [3.63, 3.8) is 0 Å². The van der Waals surface area contributed by atoms with Crippen LogP contribution in [0.25, 0.3) is 21.9 Å². The molecule has 0 saturated carbocycles. The van der Waals surface area contributed by atoms with Gasteiger partial charge in [0.1, 0.15) is 3.82 Å². The van der Waals surface area contributed by atoms with Crippen molar-refractivity contribution in [2.75, 3.05) is 11.5 Å². The van der Waals surface area contributed by atoms with Crippen molar-refractivity contribution in [1.82, 2.24) is 4.98 Å². The summed E-state index contributed by atoms with van der Waals surface area (Å²) in [6.07, 6.45) is 0. The first-order chi connectivity index (χ1) is 14.8. The van der Waals surface area contributed by atoms with E-state index in [-0.39, 0.29) is 12.5 Å². The lowest BCUT2D eigenvalue weighted by molar-refractivity contribution is -0.121. The summed E-state index contributed by atoms with van der Waals surface area (Å²) < 4.78 is 6.69. The van der Waals surface area contributed by atoms with E-state index in [1.807, 2.05) is 30.9 Å². The van der Waals surface area contributed by atoms with E-state index < -0.39 is 5.54 Å². The van der Waals surface area contributed by atoms with Crippen LogP contribution in [0.3, 0.4) is 0 Å². The van der Waals surface area contributed by atoms with E-state index in [0.29, 0.717) is 5.19 Å². The van der Waals surface area contributed by atoms with Crippen LogP contribution >= 0.6 is 44.2 Å². The largest absolute Gasteiger partial charge is 0.460 e. The molecule has 0 saturated heterocycles. The number of aryl methyl sites for hydroxylation is 2. The van der Waals surface area contributed by atoms with Crippen molar-refractivity contribution in [2.45, 2.75) is 33.2 Å². The van der Waals surface area contributed by atoms with Gasteiger partial charge < -0.3 is 4.74 Å². The van der Waals surface area contributed by atoms with Crippen LogP contribution in [0.5, 0.6) is 5.19 Å². The maximum absolute atomic E-state index is 13.6. The maximum Gasteiger partial charge on any atom is 0.274 e. The molecule has 3 heterocycles. The monoisotopic (exact) mass is 484 g/mol. The van der Waals surface area contributed by atoms with Crippen LogP contribution in [0.4, 0.5) is 5.69 Å². The zero-order valence-electron chi connectivity index (χ0n) is 17.5. The summed E-state index contributed by atoms with van der Waals surface area (Å²) in [6.45, 7) is 8.05. The minimum Gasteiger partial charge on any atom is -0.460 e. The van der Waals surface area contributed by atoms with Gasteiger partial charge in [0.05, 0.1) is 21.8 Å². The molecule has 4 nitrogen and oxygen atoms in total. The Balaban J connectivity index is 1.62. The Morgan fingerprint density at radius 1 is 1.16 bits per heavy atom. The van der Waals surface area contributed by atoms with Crippen molar-refractivity contribution >= 4 is 66.6 Å². The Labute approximate surface area is 197 Å². The molecule has 1 amide bonds. The van der Waals surface area contributed by atoms with E-state index >= 15 is 0 Å². The van der Waals surface area contributed by atoms with Crippen LogP contribution in [-0.2, 0) is 10.3 Å². The molecule has 31 heavy (non-hydrogen) atoms. The lowest BCUT2D eigenvalue weighted by atomic mass is 9.86. The summed E-state index contributed by atoms with van der Waals surface area (Å²) in [5, 5.41) is 2.76. The second-order valence-electron chi connectivity index (χ2n) is 8.07. The number of carbonyl (C=O) groups is 1. The molecule has 5 rings (SSSR count). The van der Waals surface area contributed by atoms with Crippen molar-refractivity contribution in [2.24, 2.45) is 0 Å². The Hall–Kier alpha value is -2.13. The number of aromatic nitrogens is 1. The average molecular weight is 485 g/mol. The fourth-order valence-corrected chi connectivity index (χ4v) is 8.09. The van der Waals surface area contributed by atoms with Gasteiger partial charge in [-0.15, -0.1) is 0 Å². The fraction of sp³-hybridized carbons (Fsp3) is 0.261. The molecular weight excluding hydrogens is 465 g/mol. The molecule has 158 valence electrons. The Morgan fingerprint density at radius 2 is 1.87 bits per heavy atom. The summed E-state index contributed by atoms with van der Waals surface area (Å²) in [4.78, 5) is 22.1. The molecule has 1 aliphatic rings. The summed E-state index contributed by atoms with van der Waals surface area (Å²) in [6, 6.07) is 12.5. The molecule has 8 heteroatoms. The van der Waals surface area contributed by atoms with Crippen LogP contribution in [0, 0.1) is 17.7 Å². The molecule has 0 bridgehead atoms. The number of carbonyl (C=O) groups excluding carboxylic acids is 1. The van der Waals surface area contributed by atoms with Gasteiger partial charge in [-0.25, -0.2) is 4.98 Å². The minimum absolute atomic E-state index is 0.0625. The van der Waals surface area contributed by atoms with Crippen LogP contribution in [-0.4, -0.2) is 17.5 Å². The number of hydrogen-bond donors (Lipinski definition) is 0. The SMILES string of the molecule is Cc1nc(OCC(=O)N2c3cc4ccccc4cc3-c3c(ssc3=S)C2(C)C)sc1C. The molecule has 4 aromatic rings. The third kappa shape index (κ3) is 3.33. The highest BCUT2D eigenvalue weighted by Gasteiger charge is 2.43. The van der Waals surface area contributed by atoms with Gasteiger partial charge in [-0.1, -0.05) is 68.5 Å². The highest BCUT2D eigenvalue weighted by Crippen LogP contribution is 2.53. The summed E-state index contributed by atoms with van der Waals surface area (Å²) in [5.41, 5.74) is 3.40. The van der Waals surface area contributed by atoms with Gasteiger partial charge in [0.2, 0.25) is 0 Å². The normalized spacial score (nSPS) is 14.4. The van der Waals surface area contributed by atoms with Crippen LogP contribution < -0.4 is 9.64 Å². The number of fused-ring (bicyclic) bond motifs is 4. The summed E-state index contributed by atoms with van der Waals surface area (Å²) in [7, 11) is 3.26. The number of benzene rings is 2. The topological polar surface area (TPSA) is 42.4 Å². The Bertz CT molecular complexity index is 1380. The zero-order chi connectivity index (χ0) is 21.9. The van der Waals surface area contributed by atoms with E-state index in [1.165, 1.54) is 11.3 Å². The predicted octanol–water partition coefficient (Wildman–Crippen LogP) is 7.09. The van der Waals surface area contributed by atoms with E-state index in [0.717, 1.165) is 46.9 Å². The van der Waals surface area contributed by atoms with Gasteiger partial charge in [-0.3, -0.25) is 9.69 Å². The molecule has 0 unspecified atom stereocenters. The molecule has 0 atom stereocenters. The lowest BCUT2D eigenvalue weighted by Crippen LogP contribution is -2.49. The summed E-state index contributed by atoms with van der Waals surface area (Å²) in [5.74, 6) is -0.0954. The molecule has 2 aromatic heterocycles. The number of hydrogen-bond acceptors (Lipinski definition) is 7. The highest BCUT2D eigenvalue weighted by atomic mass is 32.9. The van der Waals surface area contributed by atoms with Gasteiger partial charge in [-0.2, -0.15) is 0 Å². The van der Waals surface area contributed by atoms with Crippen molar-refractivity contribution in [1.29, 1.82) is 0 Å². The molecule has 0 N–H and O–H groups in total. The third-order valence-electron chi connectivity index (χ3n) is 5.70. The van der Waals surface area contributed by atoms with E-state index in [1.54, 1.807) is 20.7 Å². The van der Waals surface area contributed by atoms with Gasteiger partial charge in [0, 0.05) is 16.0 Å². The lowest BCUT2D eigenvalue weighted by Gasteiger charge is -2.43. The van der Waals surface area contributed by atoms with E-state index in [4.69, 9.17) is 17.0 Å². The second kappa shape index (κ2) is 7.48. The van der Waals surface area contributed by atoms with Gasteiger partial charge >= 0.3 is 0 Å². The number of amides is 1. The van der Waals surface area contributed by atoms with Crippen LogP contribution in [0.2, 0.25) is 0 Å². The summed E-state index contributed by atoms with van der Waals surface area (Å²) >= 11 is 7.17. The van der Waals surface area contributed by atoms with Crippen molar-refractivity contribution < 1.29 is 9.53 Å². The molecule has 0 radical (unpaired) electrons. The molecule has 2 aromatic carbocycles. The van der Waals surface area contributed by atoms with Crippen LogP contribution in [0.1, 0.15) is 29.3 Å². The second-order valence-corrected chi connectivity index (χ2v) is 12.1. The molecular formula is C23H20N2O2S4. The smallest absolute Gasteiger partial charge is 0.274 e. The third-order valence-corrected chi connectivity index (χ3v) is 10.0. The van der Waals surface area contributed by atoms with Crippen LogP contribution in [0.15, 0.2) is 36.4 Å². The maximum atomic E-state index is 13.6. The number of nitrogens with zero attached hydrogens (tertiary/aromatic N) is 2. The highest BCUT2D eigenvalue weighted by molar-refractivity contribution is 7.80. The predicted molar refractivity (Wildman–Crippen MR) is 134 cm³/mol. The first-order valence-corrected chi connectivity index (χ1v) is 13.2. The van der Waals surface area contributed by atoms with E-state index in [9.17, 15) is 4.79 Å². The van der Waals surface area contributed by atoms with Gasteiger partial charge in [-0.05, 0) is 50.6 Å². The van der Waals surface area contributed by atoms with Crippen molar-refractivity contribution in [3.05, 3.63) is 55.7 Å². The first-order valence-electron chi connectivity index (χ1n) is 9.84. The Kier molecular flexibility index (Phi) is 5.01. The minimum atomic E-state index is -0.530. The molecule has 0 fully saturated rings. The van der Waals surface area contributed by atoms with Gasteiger partial charge in [0.15, 0.2) is 6.61 Å². The van der Waals surface area contributed by atoms with E-state index in [2.05, 4.69) is 43.1 Å². The zero-order valence-corrected chi connectivity index (χ0v) is 20.8. The van der Waals surface area contributed by atoms with Gasteiger partial charge in [0.25, 0.3) is 11.1 Å². The fourth-order valence-electron chi connectivity index (χ4n) is 4.05. The number of rotatable bonds is 3. The molecule has 1 aliphatic heterocycles. The number of ether oxygens (including phenoxy) is 1. The number of thiazole rings is 1. The number of anilines is 1. The first kappa shape index (κ1) is 20.8. The Morgan fingerprint density at radius 3 is 2.55 bits per heavy atom.